The molecule has 1 aliphatic carbocycles. The highest BCUT2D eigenvalue weighted by molar-refractivity contribution is 7.90. The Morgan fingerprint density at radius 2 is 1.74 bits per heavy atom. The first-order valence-corrected chi connectivity index (χ1v) is 9.65. The van der Waals surface area contributed by atoms with E-state index in [0.29, 0.717) is 10.6 Å². The van der Waals surface area contributed by atoms with E-state index in [1.165, 1.54) is 18.4 Å². The van der Waals surface area contributed by atoms with Crippen molar-refractivity contribution in [3.8, 4) is 0 Å². The molecule has 2 aromatic rings. The highest BCUT2D eigenvalue weighted by atomic mass is 32.2. The maximum atomic E-state index is 13.1. The Hall–Kier alpha value is -1.88. The van der Waals surface area contributed by atoms with Crippen LogP contribution in [0.25, 0.3) is 0 Å². The van der Waals surface area contributed by atoms with Crippen molar-refractivity contribution in [2.24, 2.45) is 0 Å². The van der Waals surface area contributed by atoms with Crippen LogP contribution < -0.4 is 5.32 Å². The minimum atomic E-state index is -3.27. The minimum absolute atomic E-state index is 0.156. The van der Waals surface area contributed by atoms with Crippen molar-refractivity contribution in [1.82, 2.24) is 0 Å². The van der Waals surface area contributed by atoms with Crippen LogP contribution in [0.2, 0.25) is 0 Å². The molecule has 23 heavy (non-hydrogen) atoms. The van der Waals surface area contributed by atoms with Crippen LogP contribution in [-0.2, 0) is 9.84 Å². The highest BCUT2D eigenvalue weighted by Gasteiger charge is 2.29. The molecule has 1 saturated carbocycles. The summed E-state index contributed by atoms with van der Waals surface area (Å²) in [4.78, 5) is 0.324. The van der Waals surface area contributed by atoms with Crippen molar-refractivity contribution >= 4 is 15.5 Å². The number of hydrogen-bond acceptors (Lipinski definition) is 3. The minimum Gasteiger partial charge on any atom is -0.381 e. The highest BCUT2D eigenvalue weighted by Crippen LogP contribution is 2.37. The Bertz CT molecular complexity index is 787. The summed E-state index contributed by atoms with van der Waals surface area (Å²) in [6.45, 7) is 0. The van der Waals surface area contributed by atoms with Crippen molar-refractivity contribution in [1.29, 1.82) is 0 Å². The van der Waals surface area contributed by atoms with Gasteiger partial charge in [-0.25, -0.2) is 12.8 Å². The van der Waals surface area contributed by atoms with Gasteiger partial charge in [0.15, 0.2) is 9.84 Å². The Morgan fingerprint density at radius 1 is 1.04 bits per heavy atom. The van der Waals surface area contributed by atoms with Crippen LogP contribution in [0.1, 0.15) is 30.7 Å². The average Bonchev–Trinajstić information content (AvgIpc) is 2.96. The van der Waals surface area contributed by atoms with E-state index in [0.717, 1.165) is 24.8 Å². The normalized spacial score (nSPS) is 21.3. The van der Waals surface area contributed by atoms with Gasteiger partial charge < -0.3 is 5.32 Å². The lowest BCUT2D eigenvalue weighted by Gasteiger charge is -2.23. The fourth-order valence-corrected chi connectivity index (χ4v) is 4.20. The van der Waals surface area contributed by atoms with Crippen LogP contribution >= 0.6 is 0 Å². The first-order valence-electron chi connectivity index (χ1n) is 7.76. The van der Waals surface area contributed by atoms with Gasteiger partial charge in [0.1, 0.15) is 5.82 Å². The van der Waals surface area contributed by atoms with Crippen molar-refractivity contribution in [2.75, 3.05) is 11.6 Å². The molecular formula is C18H20FNO2S. The van der Waals surface area contributed by atoms with E-state index in [1.807, 2.05) is 18.2 Å². The molecule has 0 bridgehead atoms. The van der Waals surface area contributed by atoms with Crippen molar-refractivity contribution < 1.29 is 12.8 Å². The quantitative estimate of drug-likeness (QED) is 0.920. The van der Waals surface area contributed by atoms with E-state index in [9.17, 15) is 12.8 Å². The van der Waals surface area contributed by atoms with E-state index in [4.69, 9.17) is 0 Å². The molecule has 3 nitrogen and oxygen atoms in total. The lowest BCUT2D eigenvalue weighted by atomic mass is 9.94. The molecule has 0 saturated heterocycles. The molecule has 0 spiro atoms. The molecule has 0 heterocycles. The third-order valence-corrected chi connectivity index (χ3v) is 5.60. The van der Waals surface area contributed by atoms with Crippen molar-refractivity contribution in [3.63, 3.8) is 0 Å². The summed E-state index contributed by atoms with van der Waals surface area (Å²) in [6.07, 6.45) is 4.28. The average molecular weight is 333 g/mol. The second-order valence-electron chi connectivity index (χ2n) is 6.11. The summed E-state index contributed by atoms with van der Waals surface area (Å²) in [6, 6.07) is 13.8. The molecule has 0 aliphatic heterocycles. The summed E-state index contributed by atoms with van der Waals surface area (Å²) in [5, 5.41) is 3.41. The number of sulfone groups is 1. The summed E-state index contributed by atoms with van der Waals surface area (Å²) < 4.78 is 37.0. The van der Waals surface area contributed by atoms with Gasteiger partial charge >= 0.3 is 0 Å². The summed E-state index contributed by atoms with van der Waals surface area (Å²) >= 11 is 0. The van der Waals surface area contributed by atoms with Crippen LogP contribution in [0.3, 0.4) is 0 Å². The van der Waals surface area contributed by atoms with Gasteiger partial charge in [-0.15, -0.1) is 0 Å². The smallest absolute Gasteiger partial charge is 0.177 e. The maximum absolute atomic E-state index is 13.1. The monoisotopic (exact) mass is 333 g/mol. The zero-order chi connectivity index (χ0) is 16.4. The maximum Gasteiger partial charge on any atom is 0.177 e. The van der Waals surface area contributed by atoms with Gasteiger partial charge in [-0.05, 0) is 42.7 Å². The number of halogens is 1. The molecule has 3 rings (SSSR count). The molecule has 2 unspecified atom stereocenters. The van der Waals surface area contributed by atoms with E-state index in [2.05, 4.69) is 5.32 Å². The topological polar surface area (TPSA) is 46.2 Å². The van der Waals surface area contributed by atoms with E-state index in [1.54, 1.807) is 18.2 Å². The molecule has 0 aromatic heterocycles. The molecule has 0 amide bonds. The molecule has 1 aliphatic rings. The van der Waals surface area contributed by atoms with E-state index < -0.39 is 9.84 Å². The fraction of sp³-hybridized carbons (Fsp3) is 0.333. The van der Waals surface area contributed by atoms with E-state index >= 15 is 0 Å². The third kappa shape index (κ3) is 3.55. The van der Waals surface area contributed by atoms with Gasteiger partial charge in [-0.2, -0.15) is 0 Å². The number of rotatable bonds is 4. The van der Waals surface area contributed by atoms with E-state index in [-0.39, 0.29) is 17.8 Å². The molecule has 122 valence electrons. The van der Waals surface area contributed by atoms with Crippen LogP contribution in [0.4, 0.5) is 10.1 Å². The van der Waals surface area contributed by atoms with Crippen LogP contribution in [0.5, 0.6) is 0 Å². The van der Waals surface area contributed by atoms with Gasteiger partial charge in [0, 0.05) is 18.2 Å². The number of benzene rings is 2. The molecule has 2 atom stereocenters. The lowest BCUT2D eigenvalue weighted by Crippen LogP contribution is -2.23. The number of nitrogens with one attached hydrogen (secondary N) is 1. The predicted octanol–water partition coefficient (Wildman–Crippen LogP) is 3.98. The second-order valence-corrected chi connectivity index (χ2v) is 8.09. The number of para-hydroxylation sites is 1. The first kappa shape index (κ1) is 16.0. The SMILES string of the molecule is CS(=O)(=O)c1ccccc1NC1CCCC1c1ccc(F)cc1. The zero-order valence-corrected chi connectivity index (χ0v) is 13.8. The molecule has 2 aromatic carbocycles. The molecule has 5 heteroatoms. The first-order chi connectivity index (χ1) is 10.9. The van der Waals surface area contributed by atoms with Crippen molar-refractivity contribution in [2.45, 2.75) is 36.1 Å². The predicted molar refractivity (Wildman–Crippen MR) is 90.0 cm³/mol. The summed E-state index contributed by atoms with van der Waals surface area (Å²) in [5.41, 5.74) is 1.74. The van der Waals surface area contributed by atoms with Gasteiger partial charge in [0.05, 0.1) is 10.6 Å². The van der Waals surface area contributed by atoms with Crippen LogP contribution in [-0.4, -0.2) is 20.7 Å². The molecule has 1 N–H and O–H groups in total. The van der Waals surface area contributed by atoms with Crippen LogP contribution in [0, 0.1) is 5.82 Å². The Labute approximate surface area is 136 Å². The Morgan fingerprint density at radius 3 is 2.43 bits per heavy atom. The second kappa shape index (κ2) is 6.32. The molecule has 0 radical (unpaired) electrons. The third-order valence-electron chi connectivity index (χ3n) is 4.44. The number of hydrogen-bond donors (Lipinski definition) is 1. The molecule has 1 fully saturated rings. The van der Waals surface area contributed by atoms with Crippen LogP contribution in [0.15, 0.2) is 53.4 Å². The molecular weight excluding hydrogens is 313 g/mol. The van der Waals surface area contributed by atoms with Gasteiger partial charge in [0.25, 0.3) is 0 Å². The standard InChI is InChI=1S/C18H20FNO2S/c1-23(21,22)18-8-3-2-6-17(18)20-16-7-4-5-15(16)13-9-11-14(19)12-10-13/h2-3,6,8-12,15-16,20H,4-5,7H2,1H3. The lowest BCUT2D eigenvalue weighted by molar-refractivity contribution is 0.600. The zero-order valence-electron chi connectivity index (χ0n) is 13.0. The summed E-state index contributed by atoms with van der Waals surface area (Å²) in [5.74, 6) is 0.0295. The van der Waals surface area contributed by atoms with Crippen molar-refractivity contribution in [3.05, 3.63) is 59.9 Å². The largest absolute Gasteiger partial charge is 0.381 e. The van der Waals surface area contributed by atoms with Gasteiger partial charge in [-0.3, -0.25) is 0 Å². The Kier molecular flexibility index (Phi) is 4.39. The summed E-state index contributed by atoms with van der Waals surface area (Å²) in [7, 11) is -3.27. The fourth-order valence-electron chi connectivity index (χ4n) is 3.35. The van der Waals surface area contributed by atoms with Gasteiger partial charge in [-0.1, -0.05) is 30.7 Å². The Balaban J connectivity index is 1.87. The number of anilines is 1. The van der Waals surface area contributed by atoms with Gasteiger partial charge in [0.2, 0.25) is 0 Å².